The van der Waals surface area contributed by atoms with Crippen molar-refractivity contribution in [2.75, 3.05) is 0 Å². The van der Waals surface area contributed by atoms with Gasteiger partial charge in [-0.2, -0.15) is 9.78 Å². The minimum absolute atomic E-state index is 0.0506. The fourth-order valence-electron chi connectivity index (χ4n) is 2.89. The van der Waals surface area contributed by atoms with E-state index in [2.05, 4.69) is 9.84 Å². The number of nitrogens with one attached hydrogen (secondary N) is 1. The van der Waals surface area contributed by atoms with Crippen molar-refractivity contribution < 1.29 is 45.4 Å². The molecular weight excluding hydrogens is 491 g/mol. The number of ether oxygens (including phenoxy) is 1. The van der Waals surface area contributed by atoms with Crippen LogP contribution in [0.2, 0.25) is 0 Å². The van der Waals surface area contributed by atoms with E-state index in [0.29, 0.717) is 4.68 Å². The van der Waals surface area contributed by atoms with Crippen molar-refractivity contribution in [3.8, 4) is 22.7 Å². The van der Waals surface area contributed by atoms with E-state index >= 15 is 0 Å². The number of hydrogen-bond acceptors (Lipinski definition) is 5. The van der Waals surface area contributed by atoms with Gasteiger partial charge in [-0.3, -0.25) is 9.59 Å². The molecule has 1 heterocycles. The molecule has 2 N–H and O–H groups in total. The molecule has 7 nitrogen and oxygen atoms in total. The average Bonchev–Trinajstić information content (AvgIpc) is 2.76. The first-order valence-corrected chi connectivity index (χ1v) is 9.53. The number of rotatable bonds is 7. The standard InChI is InChI=1S/C21H14F7N3O4/c22-11-2-1-3-12(8-11)31-20(34)14(19(33)29-16(17(23)24)18(25)32)9-15(30-31)10-4-6-13(7-5-10)35-21(26,27)28/h1-9,16-18,32H,(H,29,33)/t16-,18?/m1/s1. The molecule has 0 aliphatic heterocycles. The number of hydrogen-bond donors (Lipinski definition) is 2. The third-order valence-electron chi connectivity index (χ3n) is 4.46. The zero-order valence-corrected chi connectivity index (χ0v) is 17.1. The van der Waals surface area contributed by atoms with E-state index < -0.39 is 53.8 Å². The molecule has 0 spiro atoms. The van der Waals surface area contributed by atoms with Gasteiger partial charge < -0.3 is 15.2 Å². The first kappa shape index (κ1) is 25.7. The van der Waals surface area contributed by atoms with Gasteiger partial charge in [-0.15, -0.1) is 13.2 Å². The smallest absolute Gasteiger partial charge is 0.406 e. The minimum Gasteiger partial charge on any atom is -0.406 e. The number of benzene rings is 2. The summed E-state index contributed by atoms with van der Waals surface area (Å²) in [6, 6.07) is 6.52. The van der Waals surface area contributed by atoms with E-state index in [9.17, 15) is 40.3 Å². The highest BCUT2D eigenvalue weighted by Crippen LogP contribution is 2.26. The van der Waals surface area contributed by atoms with E-state index in [4.69, 9.17) is 5.11 Å². The fraction of sp³-hybridized carbons (Fsp3) is 0.190. The molecule has 0 bridgehead atoms. The van der Waals surface area contributed by atoms with Gasteiger partial charge in [0.25, 0.3) is 17.9 Å². The summed E-state index contributed by atoms with van der Waals surface area (Å²) in [6.45, 7) is 0. The second-order valence-corrected chi connectivity index (χ2v) is 6.92. The van der Waals surface area contributed by atoms with Gasteiger partial charge in [-0.05, 0) is 48.5 Å². The lowest BCUT2D eigenvalue weighted by atomic mass is 10.1. The lowest BCUT2D eigenvalue weighted by molar-refractivity contribution is -0.274. The number of amides is 1. The molecule has 0 aliphatic rings. The number of aliphatic hydroxyl groups is 1. The number of nitrogens with zero attached hydrogens (tertiary/aromatic N) is 2. The summed E-state index contributed by atoms with van der Waals surface area (Å²) in [7, 11) is 0. The number of carbonyl (C=O) groups excluding carboxylic acids is 1. The van der Waals surface area contributed by atoms with Crippen molar-refractivity contribution >= 4 is 5.91 Å². The molecule has 35 heavy (non-hydrogen) atoms. The molecule has 1 amide bonds. The van der Waals surface area contributed by atoms with Crippen LogP contribution in [0.25, 0.3) is 16.9 Å². The maximum atomic E-state index is 13.7. The van der Waals surface area contributed by atoms with Gasteiger partial charge in [0, 0.05) is 5.56 Å². The Morgan fingerprint density at radius 3 is 2.26 bits per heavy atom. The van der Waals surface area contributed by atoms with E-state index in [1.54, 1.807) is 0 Å². The van der Waals surface area contributed by atoms with Crippen molar-refractivity contribution in [3.63, 3.8) is 0 Å². The zero-order valence-electron chi connectivity index (χ0n) is 17.1. The van der Waals surface area contributed by atoms with E-state index in [0.717, 1.165) is 42.5 Å². The van der Waals surface area contributed by atoms with Gasteiger partial charge in [0.15, 0.2) is 0 Å². The predicted molar refractivity (Wildman–Crippen MR) is 106 cm³/mol. The van der Waals surface area contributed by atoms with Crippen LogP contribution in [0, 0.1) is 5.82 Å². The molecular formula is C21H14F7N3O4. The highest BCUT2D eigenvalue weighted by molar-refractivity contribution is 5.95. The van der Waals surface area contributed by atoms with E-state index in [-0.39, 0.29) is 16.9 Å². The van der Waals surface area contributed by atoms with Crippen molar-refractivity contribution in [1.82, 2.24) is 15.1 Å². The molecule has 0 saturated carbocycles. The van der Waals surface area contributed by atoms with Gasteiger partial charge >= 0.3 is 6.36 Å². The summed E-state index contributed by atoms with van der Waals surface area (Å²) >= 11 is 0. The predicted octanol–water partition coefficient (Wildman–Crippen LogP) is 3.59. The molecule has 2 atom stereocenters. The van der Waals surface area contributed by atoms with Crippen molar-refractivity contribution in [1.29, 1.82) is 0 Å². The third-order valence-corrected chi connectivity index (χ3v) is 4.46. The topological polar surface area (TPSA) is 93.4 Å². The van der Waals surface area contributed by atoms with Gasteiger partial charge in [-0.1, -0.05) is 6.07 Å². The molecule has 186 valence electrons. The lowest BCUT2D eigenvalue weighted by Crippen LogP contribution is -2.48. The van der Waals surface area contributed by atoms with Crippen molar-refractivity contribution in [2.24, 2.45) is 0 Å². The van der Waals surface area contributed by atoms with E-state index in [1.165, 1.54) is 17.4 Å². The van der Waals surface area contributed by atoms with Crippen LogP contribution in [0.4, 0.5) is 30.7 Å². The summed E-state index contributed by atoms with van der Waals surface area (Å²) in [5, 5.41) is 14.3. The molecule has 2 aromatic carbocycles. The SMILES string of the molecule is O=C(N[C@@H](C(O)F)C(F)F)c1cc(-c2ccc(OC(F)(F)F)cc2)nn(-c2cccc(F)c2)c1=O. The number of aromatic nitrogens is 2. The Labute approximate surface area is 191 Å². The molecule has 0 fully saturated rings. The third kappa shape index (κ3) is 6.35. The monoisotopic (exact) mass is 505 g/mol. The van der Waals surface area contributed by atoms with Gasteiger partial charge in [-0.25, -0.2) is 17.6 Å². The molecule has 0 radical (unpaired) electrons. The second-order valence-electron chi connectivity index (χ2n) is 6.92. The van der Waals surface area contributed by atoms with E-state index in [1.807, 2.05) is 0 Å². The fourth-order valence-corrected chi connectivity index (χ4v) is 2.89. The van der Waals surface area contributed by atoms with Crippen LogP contribution in [-0.4, -0.2) is 46.0 Å². The summed E-state index contributed by atoms with van der Waals surface area (Å²) in [4.78, 5) is 25.4. The molecule has 0 saturated heterocycles. The minimum atomic E-state index is -4.96. The van der Waals surface area contributed by atoms with Gasteiger partial charge in [0.1, 0.15) is 23.2 Å². The summed E-state index contributed by atoms with van der Waals surface area (Å²) in [5.74, 6) is -2.89. The summed E-state index contributed by atoms with van der Waals surface area (Å²) in [5.41, 5.74) is -2.41. The molecule has 3 rings (SSSR count). The molecule has 1 aromatic heterocycles. The van der Waals surface area contributed by atoms with Crippen molar-refractivity contribution in [2.45, 2.75) is 25.2 Å². The first-order valence-electron chi connectivity index (χ1n) is 9.53. The molecule has 1 unspecified atom stereocenters. The Morgan fingerprint density at radius 1 is 1.06 bits per heavy atom. The number of alkyl halides is 6. The molecule has 0 aliphatic carbocycles. The number of aliphatic hydroxyl groups excluding tert-OH is 1. The van der Waals surface area contributed by atoms with Crippen LogP contribution >= 0.6 is 0 Å². The van der Waals surface area contributed by atoms with Crippen LogP contribution in [0.1, 0.15) is 10.4 Å². The van der Waals surface area contributed by atoms with Crippen LogP contribution < -0.4 is 15.6 Å². The zero-order chi connectivity index (χ0) is 25.9. The first-order chi connectivity index (χ1) is 16.4. The largest absolute Gasteiger partial charge is 0.573 e. The highest BCUT2D eigenvalue weighted by atomic mass is 19.4. The molecule has 3 aromatic rings. The van der Waals surface area contributed by atoms with Crippen LogP contribution in [-0.2, 0) is 0 Å². The number of carbonyl (C=O) groups is 1. The lowest BCUT2D eigenvalue weighted by Gasteiger charge is -2.18. The quantitative estimate of drug-likeness (QED) is 0.479. The maximum absolute atomic E-state index is 13.7. The maximum Gasteiger partial charge on any atom is 0.573 e. The van der Waals surface area contributed by atoms with Crippen LogP contribution in [0.3, 0.4) is 0 Å². The van der Waals surface area contributed by atoms with Gasteiger partial charge in [0.2, 0.25) is 6.36 Å². The Kier molecular flexibility index (Phi) is 7.43. The Hall–Kier alpha value is -3.94. The van der Waals surface area contributed by atoms with Crippen LogP contribution in [0.15, 0.2) is 59.4 Å². The Bertz CT molecular complexity index is 1250. The van der Waals surface area contributed by atoms with Gasteiger partial charge in [0.05, 0.1) is 11.4 Å². The van der Waals surface area contributed by atoms with Crippen molar-refractivity contribution in [3.05, 3.63) is 76.3 Å². The summed E-state index contributed by atoms with van der Waals surface area (Å²) < 4.78 is 94.3. The average molecular weight is 505 g/mol. The highest BCUT2D eigenvalue weighted by Gasteiger charge is 2.32. The Balaban J connectivity index is 2.12. The normalized spacial score (nSPS) is 13.4. The summed E-state index contributed by atoms with van der Waals surface area (Å²) in [6.07, 6.45) is -11.7. The van der Waals surface area contributed by atoms with Crippen LogP contribution in [0.5, 0.6) is 5.75 Å². The number of halogens is 7. The second kappa shape index (κ2) is 10.1. The molecule has 14 heteroatoms. The Morgan fingerprint density at radius 2 is 1.71 bits per heavy atom.